The van der Waals surface area contributed by atoms with Crippen molar-refractivity contribution in [2.75, 3.05) is 0 Å². The summed E-state index contributed by atoms with van der Waals surface area (Å²) in [5.74, 6) is 0.189. The number of hydrogen-bond donors (Lipinski definition) is 0. The molecule has 1 nitrogen and oxygen atoms in total. The van der Waals surface area contributed by atoms with Gasteiger partial charge in [-0.15, -0.1) is 0 Å². The van der Waals surface area contributed by atoms with Gasteiger partial charge in [-0.1, -0.05) is 67.3 Å². The van der Waals surface area contributed by atoms with Crippen molar-refractivity contribution in [3.63, 3.8) is 0 Å². The second-order valence-corrected chi connectivity index (χ2v) is 8.00. The van der Waals surface area contributed by atoms with Crippen LogP contribution < -0.4 is 10.7 Å². The van der Waals surface area contributed by atoms with Crippen LogP contribution in [0.5, 0.6) is 0 Å². The van der Waals surface area contributed by atoms with E-state index in [4.69, 9.17) is 0 Å². The summed E-state index contributed by atoms with van der Waals surface area (Å²) in [5.41, 5.74) is 4.86. The normalized spacial score (nSPS) is 18.8. The van der Waals surface area contributed by atoms with E-state index in [2.05, 4.69) is 48.1 Å². The number of aromatic nitrogens is 1. The first-order valence-corrected chi connectivity index (χ1v) is 10.0. The third-order valence-corrected chi connectivity index (χ3v) is 6.46. The van der Waals surface area contributed by atoms with Crippen molar-refractivity contribution >= 4 is 23.9 Å². The fraction of sp³-hybridized carbons (Fsp3) is 0.231. The number of hydrogen-bond acceptors (Lipinski definition) is 0. The van der Waals surface area contributed by atoms with Crippen molar-refractivity contribution in [1.82, 2.24) is 4.57 Å². The van der Waals surface area contributed by atoms with Gasteiger partial charge in [-0.05, 0) is 48.4 Å². The van der Waals surface area contributed by atoms with E-state index in [0.717, 1.165) is 64.8 Å². The molecule has 1 aromatic heterocycles. The molecule has 5 rings (SSSR count). The van der Waals surface area contributed by atoms with Crippen LogP contribution in [0.15, 0.2) is 65.8 Å². The standard InChI is InChI=1S/C26H24FN/c1-17-22-10-5-6-11-23(22)18(2)28(17)16-21-15-25-20(9-7-13-26(25)27)14-19-8-3-4-12-24(19)21/h3,5-11,13,21H,1-2,4,12,14-16H2. The van der Waals surface area contributed by atoms with E-state index in [1.807, 2.05) is 18.2 Å². The highest BCUT2D eigenvalue weighted by Crippen LogP contribution is 2.36. The van der Waals surface area contributed by atoms with Crippen LogP contribution >= 0.6 is 0 Å². The van der Waals surface area contributed by atoms with Crippen LogP contribution in [0.3, 0.4) is 0 Å². The Bertz CT molecular complexity index is 1190. The van der Waals surface area contributed by atoms with Crippen LogP contribution in [0, 0.1) is 11.7 Å². The molecule has 3 aromatic rings. The van der Waals surface area contributed by atoms with E-state index in [-0.39, 0.29) is 11.7 Å². The molecule has 0 spiro atoms. The molecule has 0 aliphatic heterocycles. The second-order valence-electron chi connectivity index (χ2n) is 8.00. The highest BCUT2D eigenvalue weighted by Gasteiger charge is 2.27. The molecule has 140 valence electrons. The minimum absolute atomic E-state index is 0.0753. The summed E-state index contributed by atoms with van der Waals surface area (Å²) < 4.78 is 16.9. The summed E-state index contributed by atoms with van der Waals surface area (Å²) in [4.78, 5) is 0. The Balaban J connectivity index is 1.64. The Morgan fingerprint density at radius 1 is 1.00 bits per heavy atom. The molecule has 0 saturated heterocycles. The fourth-order valence-electron chi connectivity index (χ4n) is 5.00. The third-order valence-electron chi connectivity index (χ3n) is 6.46. The molecule has 28 heavy (non-hydrogen) atoms. The lowest BCUT2D eigenvalue weighted by Crippen LogP contribution is -2.30. The summed E-state index contributed by atoms with van der Waals surface area (Å²) in [5, 5.41) is 4.33. The van der Waals surface area contributed by atoms with Crippen LogP contribution in [0.2, 0.25) is 0 Å². The van der Waals surface area contributed by atoms with E-state index >= 15 is 0 Å². The molecule has 2 aliphatic carbocycles. The van der Waals surface area contributed by atoms with E-state index in [0.29, 0.717) is 0 Å². The van der Waals surface area contributed by atoms with Gasteiger partial charge < -0.3 is 4.57 Å². The summed E-state index contributed by atoms with van der Waals surface area (Å²) in [7, 11) is 0. The smallest absolute Gasteiger partial charge is 0.126 e. The number of benzene rings is 2. The average Bonchev–Trinajstić information content (AvgIpc) is 2.86. The van der Waals surface area contributed by atoms with Crippen molar-refractivity contribution in [3.05, 3.63) is 93.4 Å². The zero-order chi connectivity index (χ0) is 19.3. The SMILES string of the molecule is C=c1c2ccccc2c(=C)n1CC1Cc2c(F)cccc2CC2=C1CCC=C2. The minimum atomic E-state index is -0.0753. The number of rotatable bonds is 2. The molecule has 2 aromatic carbocycles. The predicted molar refractivity (Wildman–Crippen MR) is 115 cm³/mol. The Morgan fingerprint density at radius 2 is 1.75 bits per heavy atom. The fourth-order valence-corrected chi connectivity index (χ4v) is 5.00. The second kappa shape index (κ2) is 6.63. The van der Waals surface area contributed by atoms with Gasteiger partial charge in [0.1, 0.15) is 5.82 Å². The van der Waals surface area contributed by atoms with Crippen LogP contribution in [-0.2, 0) is 19.4 Å². The maximum atomic E-state index is 14.7. The predicted octanol–water partition coefficient (Wildman–Crippen LogP) is 4.66. The zero-order valence-electron chi connectivity index (χ0n) is 16.0. The van der Waals surface area contributed by atoms with E-state index < -0.39 is 0 Å². The van der Waals surface area contributed by atoms with Crippen LogP contribution in [0.25, 0.3) is 23.9 Å². The lowest BCUT2D eigenvalue weighted by atomic mass is 9.85. The quantitative estimate of drug-likeness (QED) is 0.619. The first-order valence-electron chi connectivity index (χ1n) is 10.0. The first-order chi connectivity index (χ1) is 13.6. The molecule has 1 heterocycles. The number of halogens is 1. The van der Waals surface area contributed by atoms with Gasteiger partial charge in [0, 0.05) is 33.9 Å². The lowest BCUT2D eigenvalue weighted by molar-refractivity contribution is 0.468. The van der Waals surface area contributed by atoms with Crippen molar-refractivity contribution in [2.24, 2.45) is 5.92 Å². The molecule has 2 heteroatoms. The zero-order valence-corrected chi connectivity index (χ0v) is 16.0. The van der Waals surface area contributed by atoms with E-state index in [1.165, 1.54) is 11.1 Å². The van der Waals surface area contributed by atoms with Gasteiger partial charge in [0.25, 0.3) is 0 Å². The summed E-state index contributed by atoms with van der Waals surface area (Å²) >= 11 is 0. The highest BCUT2D eigenvalue weighted by atomic mass is 19.1. The monoisotopic (exact) mass is 369 g/mol. The van der Waals surface area contributed by atoms with Crippen LogP contribution in [0.4, 0.5) is 4.39 Å². The van der Waals surface area contributed by atoms with Crippen molar-refractivity contribution in [3.8, 4) is 0 Å². The van der Waals surface area contributed by atoms with Crippen molar-refractivity contribution in [2.45, 2.75) is 32.2 Å². The molecule has 0 N–H and O–H groups in total. The van der Waals surface area contributed by atoms with Gasteiger partial charge in [0.05, 0.1) is 0 Å². The van der Waals surface area contributed by atoms with Crippen LogP contribution in [0.1, 0.15) is 24.0 Å². The van der Waals surface area contributed by atoms with Gasteiger partial charge in [-0.3, -0.25) is 0 Å². The molecule has 0 fully saturated rings. The Hall–Kier alpha value is -2.87. The van der Waals surface area contributed by atoms with E-state index in [9.17, 15) is 4.39 Å². The summed E-state index contributed by atoms with van der Waals surface area (Å²) in [6, 6.07) is 13.8. The summed E-state index contributed by atoms with van der Waals surface area (Å²) in [6.07, 6.45) is 8.21. The van der Waals surface area contributed by atoms with Crippen molar-refractivity contribution in [1.29, 1.82) is 0 Å². The largest absolute Gasteiger partial charge is 0.341 e. The molecule has 0 saturated carbocycles. The van der Waals surface area contributed by atoms with Gasteiger partial charge in [0.15, 0.2) is 0 Å². The number of allylic oxidation sites excluding steroid dienone is 4. The maximum Gasteiger partial charge on any atom is 0.126 e. The summed E-state index contributed by atoms with van der Waals surface area (Å²) in [6.45, 7) is 9.48. The third kappa shape index (κ3) is 2.67. The molecule has 1 unspecified atom stereocenters. The number of fused-ring (bicyclic) bond motifs is 2. The minimum Gasteiger partial charge on any atom is -0.341 e. The molecule has 0 radical (unpaired) electrons. The molecule has 0 bridgehead atoms. The topological polar surface area (TPSA) is 4.93 Å². The van der Waals surface area contributed by atoms with Crippen LogP contribution in [-0.4, -0.2) is 4.57 Å². The molecule has 0 amide bonds. The molecular formula is C26H24FN. The van der Waals surface area contributed by atoms with Crippen molar-refractivity contribution < 1.29 is 4.39 Å². The lowest BCUT2D eigenvalue weighted by Gasteiger charge is -2.24. The molecule has 1 atom stereocenters. The Kier molecular flexibility index (Phi) is 4.08. The van der Waals surface area contributed by atoms with Gasteiger partial charge in [-0.25, -0.2) is 4.39 Å². The number of nitrogens with zero attached hydrogens (tertiary/aromatic N) is 1. The van der Waals surface area contributed by atoms with Gasteiger partial charge in [0.2, 0.25) is 0 Å². The van der Waals surface area contributed by atoms with Gasteiger partial charge >= 0.3 is 0 Å². The maximum absolute atomic E-state index is 14.7. The molecular weight excluding hydrogens is 345 g/mol. The van der Waals surface area contributed by atoms with E-state index in [1.54, 1.807) is 6.07 Å². The Morgan fingerprint density at radius 3 is 2.50 bits per heavy atom. The molecule has 2 aliphatic rings. The van der Waals surface area contributed by atoms with Gasteiger partial charge in [-0.2, -0.15) is 0 Å². The first kappa shape index (κ1) is 17.2. The highest BCUT2D eigenvalue weighted by molar-refractivity contribution is 5.83. The Labute approximate surface area is 164 Å². The average molecular weight is 369 g/mol.